The smallest absolute Gasteiger partial charge is 0.324 e. The minimum atomic E-state index is -0.503. The predicted octanol–water partition coefficient (Wildman–Crippen LogP) is 3.46. The number of hydrogen-bond acceptors (Lipinski definition) is 5. The zero-order chi connectivity index (χ0) is 17.4. The fourth-order valence-corrected chi connectivity index (χ4v) is 3.03. The Bertz CT molecular complexity index is 499. The molecule has 1 aliphatic heterocycles. The fraction of sp³-hybridized carbons (Fsp3) is 0.611. The predicted molar refractivity (Wildman–Crippen MR) is 93.1 cm³/mol. The lowest BCUT2D eigenvalue weighted by Gasteiger charge is -2.31. The molecule has 2 rings (SSSR count). The summed E-state index contributed by atoms with van der Waals surface area (Å²) >= 11 is 5.67. The Morgan fingerprint density at radius 1 is 1.29 bits per heavy atom. The second kappa shape index (κ2) is 9.87. The van der Waals surface area contributed by atoms with Crippen molar-refractivity contribution in [3.63, 3.8) is 0 Å². The summed E-state index contributed by atoms with van der Waals surface area (Å²) in [6, 6.07) is 9.15. The highest BCUT2D eigenvalue weighted by molar-refractivity contribution is 6.14. The first-order valence-corrected chi connectivity index (χ1v) is 8.93. The van der Waals surface area contributed by atoms with Crippen LogP contribution in [0.4, 0.5) is 0 Å². The van der Waals surface area contributed by atoms with Gasteiger partial charge in [0.25, 0.3) is 0 Å². The monoisotopic (exact) mass is 355 g/mol. The summed E-state index contributed by atoms with van der Waals surface area (Å²) < 4.78 is 17.7. The molecule has 1 N–H and O–H groups in total. The highest BCUT2D eigenvalue weighted by Gasteiger charge is 2.35. The Morgan fingerprint density at radius 2 is 2.04 bits per heavy atom. The molecule has 0 aliphatic carbocycles. The SMILES string of the molecule is CCCO[C@H]1[C@H](C)OC(=O)[C@@H](NCl)CCC[C@@H]1Oc1ccccc1. The molecule has 1 aliphatic rings. The first-order chi connectivity index (χ1) is 11.7. The topological polar surface area (TPSA) is 56.8 Å². The van der Waals surface area contributed by atoms with Crippen molar-refractivity contribution in [3.8, 4) is 5.75 Å². The molecule has 4 atom stereocenters. The van der Waals surface area contributed by atoms with Crippen LogP contribution in [-0.2, 0) is 14.3 Å². The molecular weight excluding hydrogens is 330 g/mol. The lowest BCUT2D eigenvalue weighted by molar-refractivity contribution is -0.162. The molecule has 0 radical (unpaired) electrons. The Hall–Kier alpha value is -1.30. The summed E-state index contributed by atoms with van der Waals surface area (Å²) in [7, 11) is 0. The van der Waals surface area contributed by atoms with Crippen LogP contribution in [0.3, 0.4) is 0 Å². The van der Waals surface area contributed by atoms with E-state index in [9.17, 15) is 4.79 Å². The van der Waals surface area contributed by atoms with Crippen LogP contribution in [0.5, 0.6) is 5.75 Å². The van der Waals surface area contributed by atoms with Crippen LogP contribution in [0.1, 0.15) is 39.5 Å². The third kappa shape index (κ3) is 5.36. The lowest BCUT2D eigenvalue weighted by atomic mass is 10.0. The average molecular weight is 356 g/mol. The van der Waals surface area contributed by atoms with Crippen molar-refractivity contribution in [2.75, 3.05) is 6.61 Å². The number of nitrogens with one attached hydrogen (secondary N) is 1. The van der Waals surface area contributed by atoms with Gasteiger partial charge in [-0.3, -0.25) is 4.79 Å². The van der Waals surface area contributed by atoms with Crippen LogP contribution in [-0.4, -0.2) is 36.9 Å². The fourth-order valence-electron chi connectivity index (χ4n) is 2.84. The van der Waals surface area contributed by atoms with E-state index in [1.54, 1.807) is 0 Å². The average Bonchev–Trinajstić information content (AvgIpc) is 2.63. The molecule has 0 bridgehead atoms. The van der Waals surface area contributed by atoms with E-state index in [2.05, 4.69) is 4.84 Å². The molecular formula is C18H26ClNO4. The molecule has 0 spiro atoms. The van der Waals surface area contributed by atoms with E-state index in [4.69, 9.17) is 26.0 Å². The van der Waals surface area contributed by atoms with Gasteiger partial charge in [-0.05, 0) is 56.5 Å². The van der Waals surface area contributed by atoms with Gasteiger partial charge in [0.05, 0.1) is 0 Å². The van der Waals surface area contributed by atoms with E-state index in [1.807, 2.05) is 44.2 Å². The van der Waals surface area contributed by atoms with Gasteiger partial charge in [-0.25, -0.2) is 4.84 Å². The van der Waals surface area contributed by atoms with Crippen molar-refractivity contribution < 1.29 is 19.0 Å². The number of esters is 1. The standard InChI is InChI=1S/C18H26ClNO4/c1-3-12-22-17-13(2)23-18(21)15(20-19)10-7-11-16(17)24-14-8-5-4-6-9-14/h4-6,8-9,13,15-17,20H,3,7,10-12H2,1-2H3/t13-,15-,16-,17-/m0/s1. The first-order valence-electron chi connectivity index (χ1n) is 8.55. The number of carbonyl (C=O) groups is 1. The number of ether oxygens (including phenoxy) is 3. The Morgan fingerprint density at radius 3 is 2.71 bits per heavy atom. The van der Waals surface area contributed by atoms with Crippen molar-refractivity contribution in [2.24, 2.45) is 0 Å². The number of rotatable bonds is 6. The number of para-hydroxylation sites is 1. The Balaban J connectivity index is 2.17. The molecule has 6 heteroatoms. The van der Waals surface area contributed by atoms with Gasteiger partial charge in [-0.2, -0.15) is 0 Å². The van der Waals surface area contributed by atoms with Crippen molar-refractivity contribution in [2.45, 2.75) is 63.9 Å². The van der Waals surface area contributed by atoms with Crippen LogP contribution in [0.15, 0.2) is 30.3 Å². The van der Waals surface area contributed by atoms with Crippen LogP contribution >= 0.6 is 11.8 Å². The summed E-state index contributed by atoms with van der Waals surface area (Å²) in [5.74, 6) is 0.445. The zero-order valence-electron chi connectivity index (χ0n) is 14.2. The molecule has 24 heavy (non-hydrogen) atoms. The van der Waals surface area contributed by atoms with E-state index < -0.39 is 12.1 Å². The largest absolute Gasteiger partial charge is 0.488 e. The number of carbonyl (C=O) groups excluding carboxylic acids is 1. The van der Waals surface area contributed by atoms with Gasteiger partial charge < -0.3 is 14.2 Å². The lowest BCUT2D eigenvalue weighted by Crippen LogP contribution is -2.44. The second-order valence-corrected chi connectivity index (χ2v) is 6.26. The van der Waals surface area contributed by atoms with E-state index in [0.717, 1.165) is 25.0 Å². The third-order valence-electron chi connectivity index (χ3n) is 4.07. The molecule has 1 aromatic rings. The van der Waals surface area contributed by atoms with E-state index in [-0.39, 0.29) is 18.2 Å². The maximum Gasteiger partial charge on any atom is 0.324 e. The number of halogens is 1. The summed E-state index contributed by atoms with van der Waals surface area (Å²) in [5.41, 5.74) is 0. The van der Waals surface area contributed by atoms with Gasteiger partial charge in [0.2, 0.25) is 0 Å². The van der Waals surface area contributed by atoms with E-state index in [0.29, 0.717) is 13.0 Å². The Kier molecular flexibility index (Phi) is 7.82. The maximum atomic E-state index is 12.2. The number of cyclic esters (lactones) is 1. The first kappa shape index (κ1) is 19.0. The van der Waals surface area contributed by atoms with Crippen molar-refractivity contribution in [1.82, 2.24) is 4.84 Å². The highest BCUT2D eigenvalue weighted by Crippen LogP contribution is 2.24. The molecule has 0 aromatic heterocycles. The van der Waals surface area contributed by atoms with Gasteiger partial charge >= 0.3 is 5.97 Å². The molecule has 1 aromatic carbocycles. The van der Waals surface area contributed by atoms with Crippen molar-refractivity contribution in [1.29, 1.82) is 0 Å². The van der Waals surface area contributed by atoms with E-state index in [1.165, 1.54) is 0 Å². The maximum absolute atomic E-state index is 12.2. The van der Waals surface area contributed by atoms with Gasteiger partial charge in [0.1, 0.15) is 30.1 Å². The summed E-state index contributed by atoms with van der Waals surface area (Å²) in [4.78, 5) is 14.7. The van der Waals surface area contributed by atoms with Crippen LogP contribution < -0.4 is 9.57 Å². The minimum absolute atomic E-state index is 0.184. The molecule has 5 nitrogen and oxygen atoms in total. The summed E-state index contributed by atoms with van der Waals surface area (Å²) in [6.45, 7) is 4.49. The normalized spacial score (nSPS) is 28.4. The van der Waals surface area contributed by atoms with Crippen molar-refractivity contribution in [3.05, 3.63) is 30.3 Å². The molecule has 1 fully saturated rings. The Labute approximate surface area is 148 Å². The third-order valence-corrected chi connectivity index (χ3v) is 4.34. The number of benzene rings is 1. The van der Waals surface area contributed by atoms with Crippen LogP contribution in [0.2, 0.25) is 0 Å². The molecule has 0 saturated carbocycles. The van der Waals surface area contributed by atoms with Crippen molar-refractivity contribution >= 4 is 17.7 Å². The van der Waals surface area contributed by atoms with Crippen LogP contribution in [0.25, 0.3) is 0 Å². The van der Waals surface area contributed by atoms with Gasteiger partial charge in [-0.1, -0.05) is 25.1 Å². The van der Waals surface area contributed by atoms with Gasteiger partial charge in [0, 0.05) is 6.61 Å². The van der Waals surface area contributed by atoms with E-state index >= 15 is 0 Å². The van der Waals surface area contributed by atoms with Gasteiger partial charge in [-0.15, -0.1) is 0 Å². The summed E-state index contributed by atoms with van der Waals surface area (Å²) in [6.07, 6.45) is 2.13. The molecule has 1 heterocycles. The minimum Gasteiger partial charge on any atom is -0.488 e. The molecule has 134 valence electrons. The molecule has 1 saturated heterocycles. The second-order valence-electron chi connectivity index (χ2n) is 6.04. The summed E-state index contributed by atoms with van der Waals surface area (Å²) in [5, 5.41) is 0. The van der Waals surface area contributed by atoms with Gasteiger partial charge in [0.15, 0.2) is 0 Å². The zero-order valence-corrected chi connectivity index (χ0v) is 15.0. The molecule has 0 unspecified atom stereocenters. The van der Waals surface area contributed by atoms with Crippen LogP contribution in [0, 0.1) is 0 Å². The quantitative estimate of drug-likeness (QED) is 0.625. The highest BCUT2D eigenvalue weighted by atomic mass is 35.5. The molecule has 0 amide bonds. The number of hydrogen-bond donors (Lipinski definition) is 1.